The van der Waals surface area contributed by atoms with Gasteiger partial charge in [-0.15, -0.1) is 0 Å². The summed E-state index contributed by atoms with van der Waals surface area (Å²) in [5.74, 6) is 1.23. The Kier molecular flexibility index (Phi) is 8.93. The molecule has 0 N–H and O–H groups in total. The first-order valence-electron chi connectivity index (χ1n) is 9.46. The van der Waals surface area contributed by atoms with Gasteiger partial charge in [0.2, 0.25) is 5.39 Å². The van der Waals surface area contributed by atoms with Gasteiger partial charge in [-0.3, -0.25) is 0 Å². The molecule has 1 fully saturated rings. The number of methoxy groups -OCH3 is 1. The molecule has 1 aliphatic heterocycles. The van der Waals surface area contributed by atoms with Crippen LogP contribution in [0.25, 0.3) is 15.9 Å². The summed E-state index contributed by atoms with van der Waals surface area (Å²) in [7, 11) is -4.41. The number of benzene rings is 1. The second-order valence-electron chi connectivity index (χ2n) is 6.68. The number of halogens is 5. The number of fused-ring (bicyclic) bond motifs is 1. The first-order chi connectivity index (χ1) is 14.2. The molecule has 0 unspecified atom stereocenters. The molecule has 6 nitrogen and oxygen atoms in total. The summed E-state index contributed by atoms with van der Waals surface area (Å²) in [6.45, 7) is 4.07. The molecule has 1 aromatic heterocycles. The predicted molar refractivity (Wildman–Crippen MR) is 109 cm³/mol. The number of likely N-dealkylation sites (tertiary alicyclic amines) is 1. The first kappa shape index (κ1) is 24.0. The second-order valence-corrected chi connectivity index (χ2v) is 7.05. The fourth-order valence-electron chi connectivity index (χ4n) is 3.15. The SMILES string of the molecule is COc1cc2c(Cl)c([N+]#N)cnc2cc1OCCCN1CCCCC1.F[B-](F)(F)F. The van der Waals surface area contributed by atoms with Crippen LogP contribution in [0.5, 0.6) is 11.5 Å². The normalized spacial score (nSPS) is 14.6. The van der Waals surface area contributed by atoms with E-state index >= 15 is 0 Å². The molecule has 30 heavy (non-hydrogen) atoms. The van der Waals surface area contributed by atoms with Crippen molar-refractivity contribution in [1.82, 2.24) is 9.88 Å². The zero-order valence-electron chi connectivity index (χ0n) is 16.5. The van der Waals surface area contributed by atoms with E-state index < -0.39 is 7.25 Å². The Hall–Kier alpha value is -2.32. The number of piperidine rings is 1. The Balaban J connectivity index is 0.000000575. The average Bonchev–Trinajstić information content (AvgIpc) is 2.70. The summed E-state index contributed by atoms with van der Waals surface area (Å²) in [6, 6.07) is 3.57. The van der Waals surface area contributed by atoms with Gasteiger partial charge in [0.25, 0.3) is 0 Å². The van der Waals surface area contributed by atoms with E-state index in [0.717, 1.165) is 13.0 Å². The highest BCUT2D eigenvalue weighted by Gasteiger charge is 2.21. The van der Waals surface area contributed by atoms with Crippen molar-refractivity contribution in [3.63, 3.8) is 0 Å². The minimum Gasteiger partial charge on any atom is -0.493 e. The van der Waals surface area contributed by atoms with Gasteiger partial charge in [0, 0.05) is 18.0 Å². The molecule has 0 amide bonds. The van der Waals surface area contributed by atoms with Crippen LogP contribution in [0.1, 0.15) is 25.7 Å². The minimum absolute atomic E-state index is 0.228. The van der Waals surface area contributed by atoms with Crippen LogP contribution in [0.2, 0.25) is 5.02 Å². The van der Waals surface area contributed by atoms with Crippen LogP contribution in [0, 0.1) is 5.39 Å². The van der Waals surface area contributed by atoms with Crippen molar-refractivity contribution in [1.29, 1.82) is 5.39 Å². The molecule has 1 aromatic carbocycles. The number of nitrogens with zero attached hydrogens (tertiary/aromatic N) is 4. The van der Waals surface area contributed by atoms with Crippen molar-refractivity contribution < 1.29 is 26.7 Å². The lowest BCUT2D eigenvalue weighted by atomic mass is 10.1. The van der Waals surface area contributed by atoms with E-state index in [-0.39, 0.29) is 5.69 Å². The van der Waals surface area contributed by atoms with Gasteiger partial charge in [-0.1, -0.05) is 18.0 Å². The third-order valence-corrected chi connectivity index (χ3v) is 4.90. The van der Waals surface area contributed by atoms with E-state index in [0.29, 0.717) is 34.0 Å². The summed E-state index contributed by atoms with van der Waals surface area (Å²) < 4.78 is 50.3. The van der Waals surface area contributed by atoms with Gasteiger partial charge in [-0.25, -0.2) is 4.98 Å². The number of rotatable bonds is 6. The number of diazo groups is 1. The van der Waals surface area contributed by atoms with Crippen LogP contribution in [-0.4, -0.2) is 50.5 Å². The maximum atomic E-state index is 9.75. The maximum absolute atomic E-state index is 9.75. The van der Waals surface area contributed by atoms with Gasteiger partial charge < -0.3 is 31.6 Å². The fraction of sp³-hybridized carbons (Fsp3) is 0.500. The van der Waals surface area contributed by atoms with Gasteiger partial charge in [0.1, 0.15) is 11.2 Å². The highest BCUT2D eigenvalue weighted by atomic mass is 35.5. The van der Waals surface area contributed by atoms with Crippen molar-refractivity contribution in [2.24, 2.45) is 0 Å². The molecule has 2 aromatic rings. The minimum atomic E-state index is -6.00. The molecule has 0 aliphatic carbocycles. The molecule has 12 heteroatoms. The molecule has 1 saturated heterocycles. The third kappa shape index (κ3) is 7.50. The summed E-state index contributed by atoms with van der Waals surface area (Å²) in [4.78, 5) is 9.89. The molecular weight excluding hydrogens is 426 g/mol. The van der Waals surface area contributed by atoms with Gasteiger partial charge >= 0.3 is 12.9 Å². The van der Waals surface area contributed by atoms with Crippen LogP contribution in [0.4, 0.5) is 23.0 Å². The van der Waals surface area contributed by atoms with Crippen molar-refractivity contribution in [3.8, 4) is 11.5 Å². The maximum Gasteiger partial charge on any atom is 0.673 e. The smallest absolute Gasteiger partial charge is 0.493 e. The van der Waals surface area contributed by atoms with E-state index in [2.05, 4.69) is 14.9 Å². The molecule has 164 valence electrons. The Bertz CT molecular complexity index is 883. The summed E-state index contributed by atoms with van der Waals surface area (Å²) in [6.07, 6.45) is 6.35. The topological polar surface area (TPSA) is 62.7 Å². The Morgan fingerprint density at radius 3 is 2.43 bits per heavy atom. The third-order valence-electron chi connectivity index (χ3n) is 4.50. The molecule has 0 atom stereocenters. The highest BCUT2D eigenvalue weighted by Crippen LogP contribution is 2.38. The second kappa shape index (κ2) is 11.2. The van der Waals surface area contributed by atoms with E-state index in [1.807, 2.05) is 6.07 Å². The number of pyridine rings is 1. The zero-order valence-corrected chi connectivity index (χ0v) is 17.2. The fourth-order valence-corrected chi connectivity index (χ4v) is 3.39. The quantitative estimate of drug-likeness (QED) is 0.237. The standard InChI is InChI=1S/C18H22ClN4O2.BF4/c1-24-16-10-13-14(21-12-15(22-20)18(13)19)11-17(16)25-9-5-8-23-6-3-2-4-7-23;2-1(3,4)5/h10-12H,2-9H2,1H3;/q+1;-1. The van der Waals surface area contributed by atoms with Gasteiger partial charge in [0.15, 0.2) is 16.5 Å². The highest BCUT2D eigenvalue weighted by molar-refractivity contribution is 6.50. The monoisotopic (exact) mass is 448 g/mol. The Labute approximate surface area is 176 Å². The van der Waals surface area contributed by atoms with Crippen LogP contribution in [0.3, 0.4) is 0 Å². The molecule has 2 heterocycles. The van der Waals surface area contributed by atoms with E-state index in [1.165, 1.54) is 38.5 Å². The van der Waals surface area contributed by atoms with Crippen LogP contribution in [0.15, 0.2) is 18.3 Å². The number of ether oxygens (including phenoxy) is 2. The summed E-state index contributed by atoms with van der Waals surface area (Å²) in [5.41, 5.74) is 0.899. The molecule has 3 rings (SSSR count). The van der Waals surface area contributed by atoms with Gasteiger partial charge in [0.05, 0.1) is 19.2 Å². The van der Waals surface area contributed by atoms with Crippen molar-refractivity contribution >= 4 is 35.4 Å². The summed E-state index contributed by atoms with van der Waals surface area (Å²) >= 11 is 6.24. The first-order valence-corrected chi connectivity index (χ1v) is 9.84. The zero-order chi connectivity index (χ0) is 22.1. The van der Waals surface area contributed by atoms with E-state index in [9.17, 15) is 17.3 Å². The molecule has 0 saturated carbocycles. The lowest BCUT2D eigenvalue weighted by Crippen LogP contribution is -2.31. The van der Waals surface area contributed by atoms with Crippen molar-refractivity contribution in [3.05, 3.63) is 28.3 Å². The van der Waals surface area contributed by atoms with Crippen LogP contribution >= 0.6 is 11.6 Å². The predicted octanol–water partition coefficient (Wildman–Crippen LogP) is 5.94. The van der Waals surface area contributed by atoms with Gasteiger partial charge in [-0.05, 0) is 38.4 Å². The molecule has 0 radical (unpaired) electrons. The number of aromatic nitrogens is 1. The molecule has 1 aliphatic rings. The van der Waals surface area contributed by atoms with Crippen LogP contribution in [-0.2, 0) is 0 Å². The lowest BCUT2D eigenvalue weighted by molar-refractivity contribution is 0.203. The van der Waals surface area contributed by atoms with E-state index in [4.69, 9.17) is 26.5 Å². The van der Waals surface area contributed by atoms with Crippen molar-refractivity contribution in [2.45, 2.75) is 25.7 Å². The summed E-state index contributed by atoms with van der Waals surface area (Å²) in [5, 5.41) is 9.95. The van der Waals surface area contributed by atoms with Gasteiger partial charge in [-0.2, -0.15) is 0 Å². The van der Waals surface area contributed by atoms with Crippen LogP contribution < -0.4 is 9.47 Å². The largest absolute Gasteiger partial charge is 0.673 e. The van der Waals surface area contributed by atoms with Crippen molar-refractivity contribution in [2.75, 3.05) is 33.4 Å². The Morgan fingerprint density at radius 1 is 1.17 bits per heavy atom. The molecule has 0 bridgehead atoms. The lowest BCUT2D eigenvalue weighted by Gasteiger charge is -2.26. The number of hydrogen-bond acceptors (Lipinski definition) is 5. The Morgan fingerprint density at radius 2 is 1.83 bits per heavy atom. The average molecular weight is 449 g/mol. The van der Waals surface area contributed by atoms with E-state index in [1.54, 1.807) is 13.2 Å². The molecular formula is C18H22BClF4N4O2. The molecule has 0 spiro atoms. The number of hydrogen-bond donors (Lipinski definition) is 0.